The molecule has 3 aliphatic rings. The van der Waals surface area contributed by atoms with Crippen molar-refractivity contribution in [3.63, 3.8) is 0 Å². The Hall–Kier alpha value is -0.830. The number of likely N-dealkylation sites (tertiary alicyclic amines) is 1. The van der Waals surface area contributed by atoms with E-state index in [-0.39, 0.29) is 24.5 Å². The van der Waals surface area contributed by atoms with Crippen molar-refractivity contribution in [2.75, 3.05) is 19.7 Å². The molecule has 5 nitrogen and oxygen atoms in total. The highest BCUT2D eigenvalue weighted by Gasteiger charge is 2.44. The molecule has 2 saturated carbocycles. The van der Waals surface area contributed by atoms with Gasteiger partial charge in [-0.25, -0.2) is 4.42 Å². The monoisotopic (exact) mass is 339 g/mol. The third-order valence-corrected chi connectivity index (χ3v) is 6.15. The number of rotatable bonds is 5. The van der Waals surface area contributed by atoms with Crippen LogP contribution in [0.15, 0.2) is 0 Å². The van der Waals surface area contributed by atoms with Gasteiger partial charge in [0, 0.05) is 19.2 Å². The molecular weight excluding hydrogens is 314 g/mol. The summed E-state index contributed by atoms with van der Waals surface area (Å²) in [5, 5.41) is 9.11. The highest BCUT2D eigenvalue weighted by molar-refractivity contribution is 6.14. The molecule has 0 spiro atoms. The second-order valence-electron chi connectivity index (χ2n) is 7.13. The fraction of sp³-hybridized carbons (Fsp3) is 0.882. The Morgan fingerprint density at radius 3 is 2.65 bits per heavy atom. The lowest BCUT2D eigenvalue weighted by Crippen LogP contribution is -2.42. The molecule has 0 bridgehead atoms. The normalized spacial score (nSPS) is 36.4. The molecule has 0 aromatic heterocycles. The first kappa shape index (κ1) is 17.0. The molecule has 0 N–H and O–H groups in total. The first-order valence-corrected chi connectivity index (χ1v) is 9.19. The number of hydrogen-bond donors (Lipinski definition) is 0. The molecule has 0 aromatic carbocycles. The number of carbonyl (C=O) groups excluding carboxylic acids is 1. The van der Waals surface area contributed by atoms with Gasteiger partial charge in [-0.15, -0.1) is 0 Å². The fourth-order valence-corrected chi connectivity index (χ4v) is 4.94. The topological polar surface area (TPSA) is 56.6 Å². The van der Waals surface area contributed by atoms with Crippen molar-refractivity contribution < 1.29 is 9.53 Å². The summed E-state index contributed by atoms with van der Waals surface area (Å²) in [6, 6.07) is 2.23. The van der Waals surface area contributed by atoms with Crippen LogP contribution >= 0.6 is 11.8 Å². The van der Waals surface area contributed by atoms with Gasteiger partial charge in [-0.2, -0.15) is 5.26 Å². The molecule has 0 aromatic rings. The minimum atomic E-state index is -0.262. The van der Waals surface area contributed by atoms with E-state index in [1.807, 2.05) is 0 Å². The number of hydrogen-bond acceptors (Lipinski definition) is 4. The Kier molecular flexibility index (Phi) is 5.45. The summed E-state index contributed by atoms with van der Waals surface area (Å²) in [6.07, 6.45) is 6.52. The van der Waals surface area contributed by atoms with Gasteiger partial charge in [0.05, 0.1) is 18.7 Å². The van der Waals surface area contributed by atoms with Gasteiger partial charge >= 0.3 is 0 Å². The Morgan fingerprint density at radius 2 is 2.04 bits per heavy atom. The fourth-order valence-electron chi connectivity index (χ4n) is 4.68. The number of ether oxygens (including phenoxy) is 1. The lowest BCUT2D eigenvalue weighted by molar-refractivity contribution is -0.131. The molecule has 1 heterocycles. The summed E-state index contributed by atoms with van der Waals surface area (Å²) in [5.41, 5.74) is 0. The highest BCUT2D eigenvalue weighted by Crippen LogP contribution is 2.46. The van der Waals surface area contributed by atoms with E-state index in [9.17, 15) is 4.79 Å². The third kappa shape index (κ3) is 3.65. The van der Waals surface area contributed by atoms with E-state index < -0.39 is 0 Å². The number of nitrogens with zero attached hydrogens (tertiary/aromatic N) is 3. The van der Waals surface area contributed by atoms with Crippen LogP contribution in [0.2, 0.25) is 0 Å². The summed E-state index contributed by atoms with van der Waals surface area (Å²) in [6.45, 7) is 3.75. The molecule has 128 valence electrons. The lowest BCUT2D eigenvalue weighted by Gasteiger charge is -2.26. The Labute approximate surface area is 143 Å². The number of halogens is 1. The molecule has 23 heavy (non-hydrogen) atoms. The van der Waals surface area contributed by atoms with Gasteiger partial charge in [0.1, 0.15) is 6.04 Å². The maximum atomic E-state index is 12.4. The predicted molar refractivity (Wildman–Crippen MR) is 87.6 cm³/mol. The average molecular weight is 340 g/mol. The molecule has 5 atom stereocenters. The summed E-state index contributed by atoms with van der Waals surface area (Å²) in [5.74, 6) is 1.37. The van der Waals surface area contributed by atoms with Gasteiger partial charge in [-0.3, -0.25) is 4.79 Å². The van der Waals surface area contributed by atoms with E-state index in [0.717, 1.165) is 45.1 Å². The Morgan fingerprint density at radius 1 is 1.35 bits per heavy atom. The molecule has 3 fully saturated rings. The van der Waals surface area contributed by atoms with Crippen LogP contribution in [-0.2, 0) is 9.53 Å². The van der Waals surface area contributed by atoms with Crippen LogP contribution in [0.25, 0.3) is 0 Å². The molecule has 3 rings (SSSR count). The molecule has 1 saturated heterocycles. The quantitative estimate of drug-likeness (QED) is 0.722. The molecular formula is C17H26ClN3O2. The standard InChI is InChI=1S/C17H26ClN3O2/c1-2-23-16-8-12-6-15(7-13(12)9-16)21(18)11-17(22)20-5-3-4-14(20)10-19/h12-16H,2-9,11H2,1H3/t12-,13+,14-,15?,16+/m0/s1. The molecule has 6 heteroatoms. The number of carbonyl (C=O) groups is 1. The summed E-state index contributed by atoms with van der Waals surface area (Å²) in [7, 11) is 0. The van der Waals surface area contributed by atoms with E-state index in [2.05, 4.69) is 13.0 Å². The van der Waals surface area contributed by atoms with Crippen LogP contribution in [0.5, 0.6) is 0 Å². The lowest BCUT2D eigenvalue weighted by atomic mass is 10.0. The van der Waals surface area contributed by atoms with Crippen molar-refractivity contribution in [1.82, 2.24) is 9.32 Å². The van der Waals surface area contributed by atoms with Crippen molar-refractivity contribution in [3.8, 4) is 6.07 Å². The van der Waals surface area contributed by atoms with E-state index in [1.54, 1.807) is 9.32 Å². The van der Waals surface area contributed by atoms with Crippen LogP contribution in [-0.4, -0.2) is 53.1 Å². The number of amides is 1. The van der Waals surface area contributed by atoms with E-state index in [1.165, 1.54) is 0 Å². The summed E-state index contributed by atoms with van der Waals surface area (Å²) in [4.78, 5) is 14.1. The second-order valence-corrected chi connectivity index (χ2v) is 7.56. The minimum absolute atomic E-state index is 0.00620. The molecule has 1 amide bonds. The first-order chi connectivity index (χ1) is 11.1. The van der Waals surface area contributed by atoms with Gasteiger partial charge in [0.25, 0.3) is 0 Å². The predicted octanol–water partition coefficient (Wildman–Crippen LogP) is 2.55. The summed E-state index contributed by atoms with van der Waals surface area (Å²) >= 11 is 6.43. The number of fused-ring (bicyclic) bond motifs is 1. The smallest absolute Gasteiger partial charge is 0.239 e. The van der Waals surface area contributed by atoms with Crippen LogP contribution in [0.4, 0.5) is 0 Å². The summed E-state index contributed by atoms with van der Waals surface area (Å²) < 4.78 is 7.45. The van der Waals surface area contributed by atoms with Gasteiger partial charge in [0.2, 0.25) is 5.91 Å². The Bertz CT molecular complexity index is 467. The van der Waals surface area contributed by atoms with Gasteiger partial charge < -0.3 is 9.64 Å². The van der Waals surface area contributed by atoms with Crippen molar-refractivity contribution in [2.45, 2.75) is 63.6 Å². The maximum absolute atomic E-state index is 12.4. The van der Waals surface area contributed by atoms with E-state index in [4.69, 9.17) is 21.8 Å². The Balaban J connectivity index is 1.48. The van der Waals surface area contributed by atoms with Crippen molar-refractivity contribution in [3.05, 3.63) is 0 Å². The molecule has 1 aliphatic heterocycles. The van der Waals surface area contributed by atoms with Crippen molar-refractivity contribution >= 4 is 17.7 Å². The first-order valence-electron chi connectivity index (χ1n) is 8.85. The zero-order valence-corrected chi connectivity index (χ0v) is 14.5. The minimum Gasteiger partial charge on any atom is -0.378 e. The van der Waals surface area contributed by atoms with E-state index in [0.29, 0.717) is 24.5 Å². The van der Waals surface area contributed by atoms with Gasteiger partial charge in [-0.1, -0.05) is 0 Å². The van der Waals surface area contributed by atoms with Crippen LogP contribution in [0, 0.1) is 23.2 Å². The maximum Gasteiger partial charge on any atom is 0.239 e. The largest absolute Gasteiger partial charge is 0.378 e. The molecule has 2 aliphatic carbocycles. The van der Waals surface area contributed by atoms with Crippen molar-refractivity contribution in [1.29, 1.82) is 5.26 Å². The van der Waals surface area contributed by atoms with Crippen LogP contribution in [0.1, 0.15) is 45.4 Å². The molecule has 1 unspecified atom stereocenters. The highest BCUT2D eigenvalue weighted by atomic mass is 35.5. The average Bonchev–Trinajstić information content (AvgIpc) is 3.20. The van der Waals surface area contributed by atoms with E-state index >= 15 is 0 Å². The zero-order valence-electron chi connectivity index (χ0n) is 13.8. The SMILES string of the molecule is CCO[C@H]1C[C@H]2CC(N(Cl)CC(=O)N3CCC[C@H]3C#N)C[C@H]2C1. The van der Waals surface area contributed by atoms with Gasteiger partial charge in [-0.05, 0) is 69.1 Å². The second kappa shape index (κ2) is 7.38. The molecule has 0 radical (unpaired) electrons. The van der Waals surface area contributed by atoms with Crippen LogP contribution in [0.3, 0.4) is 0 Å². The van der Waals surface area contributed by atoms with Crippen LogP contribution < -0.4 is 0 Å². The number of nitriles is 1. The van der Waals surface area contributed by atoms with Crippen molar-refractivity contribution in [2.24, 2.45) is 11.8 Å². The third-order valence-electron chi connectivity index (χ3n) is 5.75. The van der Waals surface area contributed by atoms with Gasteiger partial charge in [0.15, 0.2) is 0 Å². The zero-order chi connectivity index (χ0) is 16.4.